The maximum absolute atomic E-state index is 8.83. The van der Waals surface area contributed by atoms with Crippen LogP contribution in [0.1, 0.15) is 21.8 Å². The van der Waals surface area contributed by atoms with E-state index in [1.807, 2.05) is 24.3 Å². The summed E-state index contributed by atoms with van der Waals surface area (Å²) >= 11 is 1.68. The Labute approximate surface area is 168 Å². The van der Waals surface area contributed by atoms with Gasteiger partial charge in [0.2, 0.25) is 5.88 Å². The van der Waals surface area contributed by atoms with E-state index in [0.29, 0.717) is 24.6 Å². The highest BCUT2D eigenvalue weighted by molar-refractivity contribution is 7.18. The summed E-state index contributed by atoms with van der Waals surface area (Å²) in [5.41, 5.74) is 2.13. The first-order valence-corrected chi connectivity index (χ1v) is 10.2. The Bertz CT molecular complexity index is 1020. The number of thiophene rings is 1. The molecule has 1 fully saturated rings. The molecule has 0 radical (unpaired) electrons. The molecule has 1 aliphatic heterocycles. The molecule has 1 saturated heterocycles. The zero-order chi connectivity index (χ0) is 19.5. The summed E-state index contributed by atoms with van der Waals surface area (Å²) in [6.45, 7) is 8.15. The number of morpholine rings is 1. The van der Waals surface area contributed by atoms with Crippen LogP contribution in [0.15, 0.2) is 24.3 Å². The maximum atomic E-state index is 8.83. The van der Waals surface area contributed by atoms with E-state index in [1.165, 1.54) is 4.88 Å². The van der Waals surface area contributed by atoms with Gasteiger partial charge in [-0.2, -0.15) is 10.2 Å². The van der Waals surface area contributed by atoms with Gasteiger partial charge in [0.15, 0.2) is 0 Å². The fraction of sp³-hybridized carbons (Fsp3) is 0.381. The van der Waals surface area contributed by atoms with Crippen LogP contribution in [0, 0.1) is 25.2 Å². The third-order valence-corrected chi connectivity index (χ3v) is 6.03. The van der Waals surface area contributed by atoms with E-state index in [4.69, 9.17) is 24.7 Å². The van der Waals surface area contributed by atoms with Gasteiger partial charge in [-0.15, -0.1) is 11.3 Å². The van der Waals surface area contributed by atoms with Crippen molar-refractivity contribution in [3.63, 3.8) is 0 Å². The van der Waals surface area contributed by atoms with E-state index in [9.17, 15) is 0 Å². The van der Waals surface area contributed by atoms with Gasteiger partial charge in [0.05, 0.1) is 37.6 Å². The minimum Gasteiger partial charge on any atom is -0.438 e. The van der Waals surface area contributed by atoms with Crippen molar-refractivity contribution in [2.24, 2.45) is 0 Å². The third kappa shape index (κ3) is 3.99. The van der Waals surface area contributed by atoms with Crippen LogP contribution in [0.4, 0.5) is 0 Å². The predicted molar refractivity (Wildman–Crippen MR) is 109 cm³/mol. The predicted octanol–water partition coefficient (Wildman–Crippen LogP) is 4.00. The minimum absolute atomic E-state index is 0.393. The van der Waals surface area contributed by atoms with E-state index in [-0.39, 0.29) is 0 Å². The lowest BCUT2D eigenvalue weighted by atomic mass is 10.1. The largest absolute Gasteiger partial charge is 0.438 e. The highest BCUT2D eigenvalue weighted by Gasteiger charge is 2.19. The highest BCUT2D eigenvalue weighted by atomic mass is 32.1. The van der Waals surface area contributed by atoms with Crippen LogP contribution < -0.4 is 4.74 Å². The molecule has 3 heterocycles. The zero-order valence-corrected chi connectivity index (χ0v) is 16.9. The number of aromatic nitrogens is 2. The quantitative estimate of drug-likeness (QED) is 0.651. The Morgan fingerprint density at radius 2 is 1.93 bits per heavy atom. The standard InChI is InChI=1S/C21H22N4O2S/c1-14-15(2)28-21-19(14)20(27-17-5-3-16(4-6-17)7-8-22)23-18(24-21)13-25-9-11-26-12-10-25/h3-6H,7,9-13H2,1-2H3. The maximum Gasteiger partial charge on any atom is 0.231 e. The van der Waals surface area contributed by atoms with Gasteiger partial charge in [0.25, 0.3) is 0 Å². The van der Waals surface area contributed by atoms with Gasteiger partial charge in [-0.1, -0.05) is 12.1 Å². The van der Waals surface area contributed by atoms with Crippen LogP contribution in [0.3, 0.4) is 0 Å². The Balaban J connectivity index is 1.67. The molecule has 1 aliphatic rings. The average molecular weight is 395 g/mol. The van der Waals surface area contributed by atoms with Crippen LogP contribution in [-0.2, 0) is 17.7 Å². The van der Waals surface area contributed by atoms with Crippen molar-refractivity contribution < 1.29 is 9.47 Å². The SMILES string of the molecule is Cc1sc2nc(CN3CCOCC3)nc(Oc3ccc(CC#N)cc3)c2c1C. The molecule has 0 atom stereocenters. The Kier molecular flexibility index (Phi) is 5.53. The molecular formula is C21H22N4O2S. The highest BCUT2D eigenvalue weighted by Crippen LogP contribution is 2.36. The lowest BCUT2D eigenvalue weighted by molar-refractivity contribution is 0.0330. The molecule has 2 aromatic heterocycles. The van der Waals surface area contributed by atoms with E-state index in [0.717, 1.165) is 53.5 Å². The van der Waals surface area contributed by atoms with Crippen molar-refractivity contribution >= 4 is 21.6 Å². The van der Waals surface area contributed by atoms with Crippen molar-refractivity contribution in [1.82, 2.24) is 14.9 Å². The zero-order valence-electron chi connectivity index (χ0n) is 16.1. The number of nitriles is 1. The van der Waals surface area contributed by atoms with Gasteiger partial charge in [-0.05, 0) is 37.1 Å². The second kappa shape index (κ2) is 8.23. The van der Waals surface area contributed by atoms with Gasteiger partial charge in [-0.3, -0.25) is 4.90 Å². The molecule has 0 amide bonds. The fourth-order valence-electron chi connectivity index (χ4n) is 3.24. The molecule has 0 bridgehead atoms. The van der Waals surface area contributed by atoms with Gasteiger partial charge >= 0.3 is 0 Å². The first-order chi connectivity index (χ1) is 13.6. The molecule has 6 nitrogen and oxygen atoms in total. The number of benzene rings is 1. The molecule has 0 N–H and O–H groups in total. The van der Waals surface area contributed by atoms with E-state index in [2.05, 4.69) is 24.8 Å². The normalized spacial score (nSPS) is 14.9. The van der Waals surface area contributed by atoms with Crippen molar-refractivity contribution in [2.45, 2.75) is 26.8 Å². The van der Waals surface area contributed by atoms with Gasteiger partial charge in [0, 0.05) is 18.0 Å². The summed E-state index contributed by atoms with van der Waals surface area (Å²) in [5, 5.41) is 9.81. The molecule has 0 unspecified atom stereocenters. The van der Waals surface area contributed by atoms with Crippen LogP contribution in [0.2, 0.25) is 0 Å². The number of hydrogen-bond acceptors (Lipinski definition) is 7. The van der Waals surface area contributed by atoms with Crippen molar-refractivity contribution in [3.05, 3.63) is 46.1 Å². The topological polar surface area (TPSA) is 71.3 Å². The molecule has 144 valence electrons. The molecular weight excluding hydrogens is 372 g/mol. The number of rotatable bonds is 5. The molecule has 1 aromatic carbocycles. The number of fused-ring (bicyclic) bond motifs is 1. The van der Waals surface area contributed by atoms with E-state index in [1.54, 1.807) is 11.3 Å². The van der Waals surface area contributed by atoms with Gasteiger partial charge < -0.3 is 9.47 Å². The molecule has 4 rings (SSSR count). The van der Waals surface area contributed by atoms with E-state index >= 15 is 0 Å². The molecule has 0 aliphatic carbocycles. The smallest absolute Gasteiger partial charge is 0.231 e. The third-order valence-electron chi connectivity index (χ3n) is 4.93. The van der Waals surface area contributed by atoms with Crippen molar-refractivity contribution in [3.8, 4) is 17.7 Å². The number of aryl methyl sites for hydroxylation is 2. The van der Waals surface area contributed by atoms with Gasteiger partial charge in [-0.25, -0.2) is 4.98 Å². The summed E-state index contributed by atoms with van der Waals surface area (Å²) in [5.74, 6) is 2.08. The summed E-state index contributed by atoms with van der Waals surface area (Å²) in [7, 11) is 0. The summed E-state index contributed by atoms with van der Waals surface area (Å²) in [6.07, 6.45) is 0.393. The monoisotopic (exact) mass is 394 g/mol. The lowest BCUT2D eigenvalue weighted by Gasteiger charge is -2.25. The number of hydrogen-bond donors (Lipinski definition) is 0. The first kappa shape index (κ1) is 18.8. The van der Waals surface area contributed by atoms with Crippen molar-refractivity contribution in [2.75, 3.05) is 26.3 Å². The lowest BCUT2D eigenvalue weighted by Crippen LogP contribution is -2.36. The minimum atomic E-state index is 0.393. The Morgan fingerprint density at radius 1 is 1.18 bits per heavy atom. The second-order valence-electron chi connectivity index (χ2n) is 6.88. The molecule has 7 heteroatoms. The number of nitrogens with zero attached hydrogens (tertiary/aromatic N) is 4. The first-order valence-electron chi connectivity index (χ1n) is 9.34. The summed E-state index contributed by atoms with van der Waals surface area (Å²) in [4.78, 5) is 14.1. The molecule has 28 heavy (non-hydrogen) atoms. The van der Waals surface area contributed by atoms with Crippen LogP contribution in [0.5, 0.6) is 11.6 Å². The average Bonchev–Trinajstić information content (AvgIpc) is 2.98. The Morgan fingerprint density at radius 3 is 2.64 bits per heavy atom. The molecule has 0 saturated carbocycles. The van der Waals surface area contributed by atoms with Gasteiger partial charge in [0.1, 0.15) is 16.4 Å². The van der Waals surface area contributed by atoms with Crippen LogP contribution in [-0.4, -0.2) is 41.2 Å². The molecule has 3 aromatic rings. The van der Waals surface area contributed by atoms with Crippen LogP contribution >= 0.6 is 11.3 Å². The summed E-state index contributed by atoms with van der Waals surface area (Å²) in [6, 6.07) is 9.76. The number of ether oxygens (including phenoxy) is 2. The van der Waals surface area contributed by atoms with E-state index < -0.39 is 0 Å². The Hall–Kier alpha value is -2.53. The fourth-order valence-corrected chi connectivity index (χ4v) is 4.28. The van der Waals surface area contributed by atoms with Crippen molar-refractivity contribution in [1.29, 1.82) is 5.26 Å². The summed E-state index contributed by atoms with van der Waals surface area (Å²) < 4.78 is 11.6. The second-order valence-corrected chi connectivity index (χ2v) is 8.08. The van der Waals surface area contributed by atoms with Crippen LogP contribution in [0.25, 0.3) is 10.2 Å². The molecule has 0 spiro atoms.